The van der Waals surface area contributed by atoms with Crippen LogP contribution in [0.3, 0.4) is 0 Å². The second-order valence-electron chi connectivity index (χ2n) is 6.54. The third kappa shape index (κ3) is 3.08. The summed E-state index contributed by atoms with van der Waals surface area (Å²) >= 11 is 0. The van der Waals surface area contributed by atoms with Crippen molar-refractivity contribution in [2.45, 2.75) is 30.2 Å². The van der Waals surface area contributed by atoms with Gasteiger partial charge in [0, 0.05) is 11.7 Å². The molecule has 10 heteroatoms. The Morgan fingerprint density at radius 3 is 2.29 bits per heavy atom. The van der Waals surface area contributed by atoms with Gasteiger partial charge in [0.2, 0.25) is 5.91 Å². The number of carbonyl (C=O) groups excluding carboxylic acids is 1. The first kappa shape index (κ1) is 17.4. The average molecular weight is 374 g/mol. The number of amides is 1. The summed E-state index contributed by atoms with van der Waals surface area (Å²) < 4.78 is 77.5. The molecule has 136 valence electrons. The van der Waals surface area contributed by atoms with Gasteiger partial charge in [0.05, 0.1) is 5.92 Å². The molecule has 3 rings (SSSR count). The van der Waals surface area contributed by atoms with Crippen LogP contribution < -0.4 is 11.1 Å². The third-order valence-electron chi connectivity index (χ3n) is 4.90. The van der Waals surface area contributed by atoms with Gasteiger partial charge >= 0.3 is 10.2 Å². The lowest BCUT2D eigenvalue weighted by molar-refractivity contribution is -0.121. The highest BCUT2D eigenvalue weighted by Crippen LogP contribution is 3.02. The normalized spacial score (nSPS) is 32.3. The molecule has 3 nitrogen and oxygen atoms in total. The molecule has 24 heavy (non-hydrogen) atoms. The zero-order valence-corrected chi connectivity index (χ0v) is 13.1. The number of anilines is 1. The van der Waals surface area contributed by atoms with Crippen LogP contribution in [0.25, 0.3) is 0 Å². The Morgan fingerprint density at radius 1 is 1.12 bits per heavy atom. The van der Waals surface area contributed by atoms with Crippen LogP contribution in [0.1, 0.15) is 19.3 Å². The van der Waals surface area contributed by atoms with E-state index in [2.05, 4.69) is 5.32 Å². The molecule has 0 heterocycles. The molecule has 0 aromatic heterocycles. The monoisotopic (exact) mass is 374 g/mol. The highest BCUT2D eigenvalue weighted by Gasteiger charge is 2.67. The largest absolute Gasteiger partial charge is 0.327 e. The maximum Gasteiger partial charge on any atom is 0.313 e. The third-order valence-corrected chi connectivity index (χ3v) is 6.04. The number of benzene rings is 1. The van der Waals surface area contributed by atoms with Crippen LogP contribution in [-0.4, -0.2) is 11.9 Å². The molecule has 3 N–H and O–H groups in total. The molecule has 0 radical (unpaired) electrons. The number of carbonyl (C=O) groups is 1. The van der Waals surface area contributed by atoms with Crippen LogP contribution in [0.15, 0.2) is 23.1 Å². The molecule has 4 atom stereocenters. The van der Waals surface area contributed by atoms with E-state index in [-0.39, 0.29) is 24.0 Å². The van der Waals surface area contributed by atoms with E-state index in [4.69, 9.17) is 5.73 Å². The van der Waals surface area contributed by atoms with Crippen molar-refractivity contribution in [2.75, 3.05) is 5.32 Å². The molecule has 2 aliphatic carbocycles. The van der Waals surface area contributed by atoms with Gasteiger partial charge in [-0.25, -0.2) is 4.39 Å². The molecule has 0 aliphatic heterocycles. The first-order chi connectivity index (χ1) is 10.8. The summed E-state index contributed by atoms with van der Waals surface area (Å²) in [4.78, 5) is 9.64. The van der Waals surface area contributed by atoms with E-state index in [1.54, 1.807) is 0 Å². The van der Waals surface area contributed by atoms with Crippen molar-refractivity contribution in [1.82, 2.24) is 0 Å². The molecular weight excluding hydrogens is 358 g/mol. The number of hydrogen-bond acceptors (Lipinski definition) is 2. The van der Waals surface area contributed by atoms with Crippen molar-refractivity contribution >= 4 is 21.8 Å². The molecule has 1 aromatic rings. The lowest BCUT2D eigenvalue weighted by Crippen LogP contribution is -2.42. The van der Waals surface area contributed by atoms with Crippen LogP contribution in [0.2, 0.25) is 0 Å². The van der Waals surface area contributed by atoms with Crippen molar-refractivity contribution in [3.63, 3.8) is 0 Å². The van der Waals surface area contributed by atoms with E-state index < -0.39 is 44.5 Å². The second kappa shape index (κ2) is 4.60. The summed E-state index contributed by atoms with van der Waals surface area (Å²) in [5.41, 5.74) is 5.44. The number of nitrogens with two attached hydrogens (primary N) is 1. The molecule has 0 spiro atoms. The minimum Gasteiger partial charge on any atom is -0.327 e. The zero-order chi connectivity index (χ0) is 18.0. The van der Waals surface area contributed by atoms with Gasteiger partial charge in [0.25, 0.3) is 0 Å². The van der Waals surface area contributed by atoms with E-state index in [0.717, 1.165) is 25.3 Å². The molecule has 1 amide bonds. The lowest BCUT2D eigenvalue weighted by Gasteiger charge is -2.40. The summed E-state index contributed by atoms with van der Waals surface area (Å²) in [5, 5.41) is 2.17. The van der Waals surface area contributed by atoms with Crippen molar-refractivity contribution in [3.05, 3.63) is 24.0 Å². The Labute approximate surface area is 134 Å². The lowest BCUT2D eigenvalue weighted by atomic mass is 9.84. The van der Waals surface area contributed by atoms with Gasteiger partial charge in [-0.2, -0.15) is 0 Å². The first-order valence-corrected chi connectivity index (χ1v) is 9.31. The van der Waals surface area contributed by atoms with E-state index in [9.17, 15) is 28.6 Å². The number of halogens is 6. The quantitative estimate of drug-likeness (QED) is 0.747. The Kier molecular flexibility index (Phi) is 3.34. The van der Waals surface area contributed by atoms with Crippen LogP contribution in [-0.2, 0) is 4.79 Å². The Hall–Kier alpha value is -1.42. The molecule has 0 saturated heterocycles. The minimum absolute atomic E-state index is 0.0422. The molecule has 1 aromatic carbocycles. The van der Waals surface area contributed by atoms with Crippen LogP contribution in [0, 0.1) is 23.6 Å². The summed E-state index contributed by atoms with van der Waals surface area (Å²) in [7, 11) is -10.2. The van der Waals surface area contributed by atoms with Crippen molar-refractivity contribution in [2.24, 2.45) is 23.5 Å². The van der Waals surface area contributed by atoms with Gasteiger partial charge < -0.3 is 11.1 Å². The second-order valence-corrected chi connectivity index (χ2v) is 8.92. The van der Waals surface area contributed by atoms with E-state index in [1.807, 2.05) is 0 Å². The van der Waals surface area contributed by atoms with Crippen LogP contribution in [0.4, 0.5) is 29.5 Å². The van der Waals surface area contributed by atoms with Gasteiger partial charge in [-0.1, -0.05) is 19.4 Å². The fourth-order valence-corrected chi connectivity index (χ4v) is 4.61. The summed E-state index contributed by atoms with van der Waals surface area (Å²) in [6, 6.07) is 0.620. The van der Waals surface area contributed by atoms with Crippen molar-refractivity contribution in [3.8, 4) is 0 Å². The van der Waals surface area contributed by atoms with E-state index >= 15 is 0 Å². The van der Waals surface area contributed by atoms with Gasteiger partial charge in [-0.3, -0.25) is 4.79 Å². The van der Waals surface area contributed by atoms with Crippen molar-refractivity contribution in [1.29, 1.82) is 0 Å². The standard InChI is InChI=1S/C14H16F6N2OS/c15-10-4-3-9(6-11(10)24(16,17,18,19)20)22-14(23)12-7-1-2-8(5-7)13(12)21/h3-4,6-8,12-13H,1-2,5,21H2,(H,22,23)/t7-,8+,12+,13-/m1/s1. The summed E-state index contributed by atoms with van der Waals surface area (Å²) in [6.45, 7) is 0. The minimum atomic E-state index is -10.2. The highest BCUT2D eigenvalue weighted by atomic mass is 32.5. The highest BCUT2D eigenvalue weighted by molar-refractivity contribution is 8.45. The topological polar surface area (TPSA) is 55.1 Å². The maximum atomic E-state index is 13.3. The van der Waals surface area contributed by atoms with Gasteiger partial charge in [-0.15, -0.1) is 0 Å². The summed E-state index contributed by atoms with van der Waals surface area (Å²) in [6.07, 6.45) is 2.48. The van der Waals surface area contributed by atoms with Gasteiger partial charge in [0.1, 0.15) is 10.7 Å². The molecule has 2 saturated carbocycles. The predicted octanol–water partition coefficient (Wildman–Crippen LogP) is 4.80. The molecule has 0 unspecified atom stereocenters. The van der Waals surface area contributed by atoms with E-state index in [0.29, 0.717) is 0 Å². The maximum absolute atomic E-state index is 13.3. The molecule has 2 aliphatic rings. The molecular formula is C14H16F6N2OS. The zero-order valence-electron chi connectivity index (χ0n) is 12.3. The van der Waals surface area contributed by atoms with E-state index in [1.165, 1.54) is 0 Å². The molecule has 2 bridgehead atoms. The Morgan fingerprint density at radius 2 is 1.75 bits per heavy atom. The SMILES string of the molecule is N[C@@H]1[C@H]2CC[C@H](C2)[C@@H]1C(=O)Nc1ccc(F)c(S(F)(F)(F)(F)F)c1. The van der Waals surface area contributed by atoms with Gasteiger partial charge in [-0.05, 0) is 49.3 Å². The predicted molar refractivity (Wildman–Crippen MR) is 78.7 cm³/mol. The van der Waals surface area contributed by atoms with Crippen LogP contribution in [0.5, 0.6) is 0 Å². The van der Waals surface area contributed by atoms with Gasteiger partial charge in [0.15, 0.2) is 0 Å². The Bertz CT molecular complexity index is 705. The number of nitrogens with one attached hydrogen (secondary N) is 1. The fourth-order valence-electron chi connectivity index (χ4n) is 3.83. The van der Waals surface area contributed by atoms with Crippen LogP contribution >= 0.6 is 10.2 Å². The first-order valence-electron chi connectivity index (χ1n) is 7.36. The number of rotatable bonds is 3. The average Bonchev–Trinajstić information content (AvgIpc) is 2.98. The van der Waals surface area contributed by atoms with Crippen molar-refractivity contribution < 1.29 is 28.6 Å². The number of fused-ring (bicyclic) bond motifs is 2. The molecule has 2 fully saturated rings. The number of hydrogen-bond donors (Lipinski definition) is 2. The smallest absolute Gasteiger partial charge is 0.313 e. The Balaban J connectivity index is 1.86. The fraction of sp³-hybridized carbons (Fsp3) is 0.500. The summed E-state index contributed by atoms with van der Waals surface area (Å²) in [5.74, 6) is -3.03.